The third kappa shape index (κ3) is 1.82. The zero-order valence-corrected chi connectivity index (χ0v) is 7.61. The molecular formula is C9H10N2O3. The number of nitrogens with zero attached hydrogens (tertiary/aromatic N) is 1. The van der Waals surface area contributed by atoms with Crippen LogP contribution in [0.3, 0.4) is 0 Å². The lowest BCUT2D eigenvalue weighted by Crippen LogP contribution is -2.17. The molecule has 0 aliphatic carbocycles. The molecule has 0 aliphatic rings. The van der Waals surface area contributed by atoms with Crippen molar-refractivity contribution in [2.75, 3.05) is 0 Å². The molecule has 0 saturated carbocycles. The molecule has 0 radical (unpaired) electrons. The Labute approximate surface area is 80.7 Å². The first-order valence-corrected chi connectivity index (χ1v) is 3.85. The number of hydrazone groups is 1. The summed E-state index contributed by atoms with van der Waals surface area (Å²) in [6.07, 6.45) is 0. The van der Waals surface area contributed by atoms with Gasteiger partial charge >= 0.3 is 0 Å². The van der Waals surface area contributed by atoms with Crippen molar-refractivity contribution in [3.05, 3.63) is 23.3 Å². The Hall–Kier alpha value is -2.04. The number of phenols is 2. The molecule has 0 heterocycles. The van der Waals surface area contributed by atoms with E-state index in [1.54, 1.807) is 6.92 Å². The van der Waals surface area contributed by atoms with Crippen LogP contribution < -0.4 is 5.43 Å². The minimum Gasteiger partial charge on any atom is -0.507 e. The molecule has 0 fully saturated rings. The fraction of sp³-hybridized carbons (Fsp3) is 0.111. The maximum absolute atomic E-state index is 11.2. The fourth-order valence-electron chi connectivity index (χ4n) is 1.11. The number of carbonyl (C=O) groups is 1. The summed E-state index contributed by atoms with van der Waals surface area (Å²) in [6, 6.07) is 2.75. The van der Waals surface area contributed by atoms with Crippen LogP contribution in [0.4, 0.5) is 0 Å². The zero-order valence-electron chi connectivity index (χ0n) is 7.61. The summed E-state index contributed by atoms with van der Waals surface area (Å²) in [5.41, 5.74) is 2.47. The van der Waals surface area contributed by atoms with Crippen LogP contribution in [0.15, 0.2) is 17.2 Å². The maximum atomic E-state index is 11.2. The first-order valence-electron chi connectivity index (χ1n) is 3.85. The smallest absolute Gasteiger partial charge is 0.278 e. The predicted molar refractivity (Wildman–Crippen MR) is 51.5 cm³/mol. The Morgan fingerprint density at radius 3 is 2.36 bits per heavy atom. The van der Waals surface area contributed by atoms with Crippen molar-refractivity contribution in [3.63, 3.8) is 0 Å². The van der Waals surface area contributed by atoms with Crippen LogP contribution in [0.1, 0.15) is 15.9 Å². The van der Waals surface area contributed by atoms with Gasteiger partial charge in [-0.2, -0.15) is 5.10 Å². The molecule has 0 spiro atoms. The van der Waals surface area contributed by atoms with Gasteiger partial charge < -0.3 is 10.2 Å². The number of amides is 1. The molecule has 1 amide bonds. The van der Waals surface area contributed by atoms with E-state index in [1.165, 1.54) is 12.1 Å². The van der Waals surface area contributed by atoms with E-state index in [2.05, 4.69) is 11.8 Å². The lowest BCUT2D eigenvalue weighted by molar-refractivity contribution is 0.0950. The van der Waals surface area contributed by atoms with Crippen LogP contribution in [0.5, 0.6) is 11.5 Å². The second kappa shape index (κ2) is 3.78. The van der Waals surface area contributed by atoms with E-state index in [-0.39, 0.29) is 17.1 Å². The van der Waals surface area contributed by atoms with Gasteiger partial charge in [-0.25, -0.2) is 5.43 Å². The standard InChI is InChI=1S/C9H10N2O3/c1-5-3-6(12)8(7(13)4-5)9(14)11-10-2/h3-4,12-13H,2H2,1H3,(H,11,14). The average Bonchev–Trinajstić information content (AvgIpc) is 2.01. The highest BCUT2D eigenvalue weighted by Crippen LogP contribution is 2.28. The van der Waals surface area contributed by atoms with Gasteiger partial charge in [0.25, 0.3) is 5.91 Å². The number of phenolic OH excluding ortho intramolecular Hbond substituents is 2. The molecule has 5 heteroatoms. The summed E-state index contributed by atoms with van der Waals surface area (Å²) in [6.45, 7) is 4.75. The van der Waals surface area contributed by atoms with Crippen LogP contribution in [-0.2, 0) is 0 Å². The summed E-state index contributed by atoms with van der Waals surface area (Å²) in [7, 11) is 0. The van der Waals surface area contributed by atoms with E-state index in [0.717, 1.165) is 0 Å². The minimum absolute atomic E-state index is 0.206. The Balaban J connectivity index is 3.20. The summed E-state index contributed by atoms with van der Waals surface area (Å²) in [5.74, 6) is -1.28. The molecule has 0 unspecified atom stereocenters. The van der Waals surface area contributed by atoms with Gasteiger partial charge in [-0.3, -0.25) is 4.79 Å². The molecule has 0 saturated heterocycles. The molecule has 0 bridgehead atoms. The first-order chi connectivity index (χ1) is 6.56. The Bertz CT molecular complexity index is 365. The molecule has 0 aromatic heterocycles. The van der Waals surface area contributed by atoms with Crippen LogP contribution in [0, 0.1) is 6.92 Å². The molecule has 1 aromatic carbocycles. The summed E-state index contributed by atoms with van der Waals surface area (Å²) in [5, 5.41) is 21.9. The largest absolute Gasteiger partial charge is 0.507 e. The molecule has 3 N–H and O–H groups in total. The van der Waals surface area contributed by atoms with Gasteiger partial charge in [0.15, 0.2) is 0 Å². The van der Waals surface area contributed by atoms with Crippen molar-refractivity contribution in [1.29, 1.82) is 0 Å². The van der Waals surface area contributed by atoms with Crippen LogP contribution >= 0.6 is 0 Å². The van der Waals surface area contributed by atoms with Crippen molar-refractivity contribution >= 4 is 12.6 Å². The SMILES string of the molecule is C=NNC(=O)c1c(O)cc(C)cc1O. The summed E-state index contributed by atoms with van der Waals surface area (Å²) < 4.78 is 0. The lowest BCUT2D eigenvalue weighted by atomic mass is 10.1. The first kappa shape index (κ1) is 10.0. The molecular weight excluding hydrogens is 184 g/mol. The predicted octanol–water partition coefficient (Wildman–Crippen LogP) is 0.752. The monoisotopic (exact) mass is 194 g/mol. The van der Waals surface area contributed by atoms with Gasteiger partial charge in [0.1, 0.15) is 17.1 Å². The number of hydrogen-bond donors (Lipinski definition) is 3. The Morgan fingerprint density at radius 2 is 1.93 bits per heavy atom. The van der Waals surface area contributed by atoms with Crippen molar-refractivity contribution in [1.82, 2.24) is 5.43 Å². The molecule has 14 heavy (non-hydrogen) atoms. The topological polar surface area (TPSA) is 81.9 Å². The minimum atomic E-state index is -0.699. The number of benzene rings is 1. The average molecular weight is 194 g/mol. The number of carbonyl (C=O) groups excluding carboxylic acids is 1. The molecule has 0 aliphatic heterocycles. The van der Waals surface area contributed by atoms with E-state index < -0.39 is 5.91 Å². The van der Waals surface area contributed by atoms with E-state index >= 15 is 0 Å². The molecule has 74 valence electrons. The van der Waals surface area contributed by atoms with Gasteiger partial charge in [-0.05, 0) is 24.6 Å². The molecule has 0 atom stereocenters. The molecule has 1 rings (SSSR count). The zero-order chi connectivity index (χ0) is 10.7. The second-order valence-corrected chi connectivity index (χ2v) is 2.78. The number of nitrogens with one attached hydrogen (secondary N) is 1. The number of rotatable bonds is 2. The van der Waals surface area contributed by atoms with E-state index in [0.29, 0.717) is 5.56 Å². The highest BCUT2D eigenvalue weighted by molar-refractivity contribution is 5.99. The van der Waals surface area contributed by atoms with E-state index in [4.69, 9.17) is 0 Å². The Kier molecular flexibility index (Phi) is 2.71. The number of aryl methyl sites for hydroxylation is 1. The van der Waals surface area contributed by atoms with Gasteiger partial charge in [0, 0.05) is 6.72 Å². The van der Waals surface area contributed by atoms with Gasteiger partial charge in [-0.15, -0.1) is 0 Å². The molecule has 5 nitrogen and oxygen atoms in total. The second-order valence-electron chi connectivity index (χ2n) is 2.78. The van der Waals surface area contributed by atoms with E-state index in [9.17, 15) is 15.0 Å². The third-order valence-electron chi connectivity index (χ3n) is 1.65. The fourth-order valence-corrected chi connectivity index (χ4v) is 1.11. The highest BCUT2D eigenvalue weighted by atomic mass is 16.3. The lowest BCUT2D eigenvalue weighted by Gasteiger charge is -2.06. The molecule has 1 aromatic rings. The quantitative estimate of drug-likeness (QED) is 0.480. The van der Waals surface area contributed by atoms with Crippen LogP contribution in [0.25, 0.3) is 0 Å². The van der Waals surface area contributed by atoms with Gasteiger partial charge in [-0.1, -0.05) is 0 Å². The number of hydrogen-bond acceptors (Lipinski definition) is 4. The number of aromatic hydroxyl groups is 2. The van der Waals surface area contributed by atoms with Crippen molar-refractivity contribution in [2.45, 2.75) is 6.92 Å². The van der Waals surface area contributed by atoms with E-state index in [1.807, 2.05) is 5.43 Å². The third-order valence-corrected chi connectivity index (χ3v) is 1.65. The van der Waals surface area contributed by atoms with Crippen LogP contribution in [0.2, 0.25) is 0 Å². The van der Waals surface area contributed by atoms with Crippen molar-refractivity contribution in [2.24, 2.45) is 5.10 Å². The van der Waals surface area contributed by atoms with Crippen LogP contribution in [-0.4, -0.2) is 22.8 Å². The maximum Gasteiger partial charge on any atom is 0.278 e. The Morgan fingerprint density at radius 1 is 1.43 bits per heavy atom. The normalized spacial score (nSPS) is 9.50. The van der Waals surface area contributed by atoms with Gasteiger partial charge in [0.2, 0.25) is 0 Å². The summed E-state index contributed by atoms with van der Waals surface area (Å²) in [4.78, 5) is 11.2. The van der Waals surface area contributed by atoms with Crippen molar-refractivity contribution < 1.29 is 15.0 Å². The van der Waals surface area contributed by atoms with Crippen molar-refractivity contribution in [3.8, 4) is 11.5 Å². The summed E-state index contributed by atoms with van der Waals surface area (Å²) >= 11 is 0. The van der Waals surface area contributed by atoms with Gasteiger partial charge in [0.05, 0.1) is 0 Å². The highest BCUT2D eigenvalue weighted by Gasteiger charge is 2.16.